The lowest BCUT2D eigenvalue weighted by Crippen LogP contribution is -2.31. The van der Waals surface area contributed by atoms with Gasteiger partial charge in [-0.25, -0.2) is 0 Å². The third kappa shape index (κ3) is 4.57. The fourth-order valence-corrected chi connectivity index (χ4v) is 2.73. The monoisotopic (exact) mass is 273 g/mol. The van der Waals surface area contributed by atoms with Gasteiger partial charge in [-0.15, -0.1) is 0 Å². The maximum atomic E-state index is 12.2. The highest BCUT2D eigenvalue weighted by molar-refractivity contribution is 5.96. The number of piperidine rings is 1. The third-order valence-corrected chi connectivity index (χ3v) is 3.81. The summed E-state index contributed by atoms with van der Waals surface area (Å²) < 4.78 is 0. The largest absolute Gasteiger partial charge is 0.303 e. The van der Waals surface area contributed by atoms with Gasteiger partial charge in [-0.1, -0.05) is 24.6 Å². The van der Waals surface area contributed by atoms with E-state index >= 15 is 0 Å². The summed E-state index contributed by atoms with van der Waals surface area (Å²) in [6, 6.07) is 7.48. The predicted molar refractivity (Wildman–Crippen MR) is 80.1 cm³/mol. The van der Waals surface area contributed by atoms with E-state index in [1.165, 1.54) is 19.3 Å². The predicted octanol–water partition coefficient (Wildman–Crippen LogP) is 2.88. The summed E-state index contributed by atoms with van der Waals surface area (Å²) >= 11 is 0. The fourth-order valence-electron chi connectivity index (χ4n) is 2.73. The zero-order valence-corrected chi connectivity index (χ0v) is 12.2. The number of nitrogens with zero attached hydrogens (tertiary/aromatic N) is 1. The van der Waals surface area contributed by atoms with Crippen molar-refractivity contribution in [1.29, 1.82) is 0 Å². The van der Waals surface area contributed by atoms with Crippen LogP contribution in [0.4, 0.5) is 0 Å². The van der Waals surface area contributed by atoms with Crippen molar-refractivity contribution in [3.63, 3.8) is 0 Å². The molecule has 1 aromatic carbocycles. The van der Waals surface area contributed by atoms with Crippen molar-refractivity contribution in [3.05, 3.63) is 35.4 Å². The Balaban J connectivity index is 1.89. The number of ketones is 2. The van der Waals surface area contributed by atoms with Crippen LogP contribution in [0.1, 0.15) is 48.5 Å². The summed E-state index contributed by atoms with van der Waals surface area (Å²) in [7, 11) is 0. The number of Topliss-reactive ketones (excluding diaryl/α,β-unsaturated/α-hetero) is 2. The minimum absolute atomic E-state index is 0.128. The van der Waals surface area contributed by atoms with E-state index in [4.69, 9.17) is 0 Å². The standard InChI is InChI=1S/C17H23NO2/c1-14(19)12-15-6-5-7-16(13-15)17(20)8-11-18-9-3-2-4-10-18/h5-7,13H,2-4,8-12H2,1H3. The van der Waals surface area contributed by atoms with Gasteiger partial charge in [0.1, 0.15) is 5.78 Å². The van der Waals surface area contributed by atoms with Crippen LogP contribution in [-0.2, 0) is 11.2 Å². The van der Waals surface area contributed by atoms with Crippen molar-refractivity contribution in [2.75, 3.05) is 19.6 Å². The summed E-state index contributed by atoms with van der Waals surface area (Å²) in [5.41, 5.74) is 1.67. The quantitative estimate of drug-likeness (QED) is 0.748. The van der Waals surface area contributed by atoms with Crippen molar-refractivity contribution in [3.8, 4) is 0 Å². The van der Waals surface area contributed by atoms with Gasteiger partial charge in [-0.3, -0.25) is 9.59 Å². The molecule has 1 saturated heterocycles. The number of rotatable bonds is 6. The van der Waals surface area contributed by atoms with Crippen molar-refractivity contribution >= 4 is 11.6 Å². The number of carbonyl (C=O) groups is 2. The number of hydrogen-bond acceptors (Lipinski definition) is 3. The zero-order chi connectivity index (χ0) is 14.4. The van der Waals surface area contributed by atoms with E-state index in [1.54, 1.807) is 6.92 Å². The second-order valence-corrected chi connectivity index (χ2v) is 5.65. The topological polar surface area (TPSA) is 37.4 Å². The minimum Gasteiger partial charge on any atom is -0.303 e. The second kappa shape index (κ2) is 7.34. The first-order chi connectivity index (χ1) is 9.65. The van der Waals surface area contributed by atoms with E-state index in [0.29, 0.717) is 12.8 Å². The molecule has 3 heteroatoms. The van der Waals surface area contributed by atoms with Crippen LogP contribution < -0.4 is 0 Å². The molecule has 1 aromatic rings. The van der Waals surface area contributed by atoms with Gasteiger partial charge in [0.15, 0.2) is 5.78 Å². The van der Waals surface area contributed by atoms with Gasteiger partial charge >= 0.3 is 0 Å². The van der Waals surface area contributed by atoms with Gasteiger partial charge in [0.2, 0.25) is 0 Å². The molecule has 1 fully saturated rings. The maximum absolute atomic E-state index is 12.2. The smallest absolute Gasteiger partial charge is 0.164 e. The Labute approximate surface area is 121 Å². The van der Waals surface area contributed by atoms with Gasteiger partial charge in [0.05, 0.1) is 0 Å². The van der Waals surface area contributed by atoms with E-state index in [0.717, 1.165) is 30.8 Å². The van der Waals surface area contributed by atoms with Crippen LogP contribution in [0.3, 0.4) is 0 Å². The van der Waals surface area contributed by atoms with Gasteiger partial charge in [0.25, 0.3) is 0 Å². The van der Waals surface area contributed by atoms with E-state index in [1.807, 2.05) is 24.3 Å². The van der Waals surface area contributed by atoms with Gasteiger partial charge in [-0.2, -0.15) is 0 Å². The molecule has 0 aromatic heterocycles. The molecule has 0 bridgehead atoms. The van der Waals surface area contributed by atoms with E-state index in [2.05, 4.69) is 4.90 Å². The average molecular weight is 273 g/mol. The molecule has 1 aliphatic rings. The molecule has 0 atom stereocenters. The molecule has 0 radical (unpaired) electrons. The van der Waals surface area contributed by atoms with Crippen LogP contribution >= 0.6 is 0 Å². The summed E-state index contributed by atoms with van der Waals surface area (Å²) in [4.78, 5) is 25.7. The Kier molecular flexibility index (Phi) is 5.48. The molecule has 0 unspecified atom stereocenters. The van der Waals surface area contributed by atoms with Crippen molar-refractivity contribution in [2.24, 2.45) is 0 Å². The number of benzene rings is 1. The summed E-state index contributed by atoms with van der Waals surface area (Å²) in [5, 5.41) is 0. The first-order valence-electron chi connectivity index (χ1n) is 7.49. The Morgan fingerprint density at radius 2 is 1.90 bits per heavy atom. The fraction of sp³-hybridized carbons (Fsp3) is 0.529. The number of likely N-dealkylation sites (tertiary alicyclic amines) is 1. The number of carbonyl (C=O) groups excluding carboxylic acids is 2. The van der Waals surface area contributed by atoms with Crippen LogP contribution in [0, 0.1) is 0 Å². The molecule has 0 spiro atoms. The molecule has 0 aliphatic carbocycles. The SMILES string of the molecule is CC(=O)Cc1cccc(C(=O)CCN2CCCCC2)c1. The normalized spacial score (nSPS) is 16.1. The zero-order valence-electron chi connectivity index (χ0n) is 12.2. The van der Waals surface area contributed by atoms with Crippen molar-refractivity contribution in [1.82, 2.24) is 4.90 Å². The summed E-state index contributed by atoms with van der Waals surface area (Å²) in [6.45, 7) is 4.68. The molecule has 1 aliphatic heterocycles. The van der Waals surface area contributed by atoms with Crippen LogP contribution in [0.15, 0.2) is 24.3 Å². The van der Waals surface area contributed by atoms with Crippen molar-refractivity contribution < 1.29 is 9.59 Å². The summed E-state index contributed by atoms with van der Waals surface area (Å²) in [6.07, 6.45) is 4.80. The number of hydrogen-bond donors (Lipinski definition) is 0. The Bertz CT molecular complexity index is 476. The Morgan fingerprint density at radius 1 is 1.15 bits per heavy atom. The molecule has 108 valence electrons. The highest BCUT2D eigenvalue weighted by atomic mass is 16.1. The first-order valence-corrected chi connectivity index (χ1v) is 7.49. The molecule has 0 amide bonds. The van der Waals surface area contributed by atoms with Gasteiger partial charge in [0, 0.05) is 24.9 Å². The van der Waals surface area contributed by atoms with Gasteiger partial charge in [-0.05, 0) is 44.5 Å². The molecule has 3 nitrogen and oxygen atoms in total. The van der Waals surface area contributed by atoms with E-state index < -0.39 is 0 Å². The Hall–Kier alpha value is -1.48. The molecule has 1 heterocycles. The molecular weight excluding hydrogens is 250 g/mol. The third-order valence-electron chi connectivity index (χ3n) is 3.81. The van der Waals surface area contributed by atoms with Crippen LogP contribution in [0.2, 0.25) is 0 Å². The molecule has 2 rings (SSSR count). The molecule has 0 N–H and O–H groups in total. The van der Waals surface area contributed by atoms with E-state index in [-0.39, 0.29) is 11.6 Å². The maximum Gasteiger partial charge on any atom is 0.164 e. The molecule has 20 heavy (non-hydrogen) atoms. The lowest BCUT2D eigenvalue weighted by molar-refractivity contribution is -0.116. The van der Waals surface area contributed by atoms with Gasteiger partial charge < -0.3 is 4.90 Å². The second-order valence-electron chi connectivity index (χ2n) is 5.65. The average Bonchev–Trinajstić information content (AvgIpc) is 2.45. The van der Waals surface area contributed by atoms with Crippen LogP contribution in [0.25, 0.3) is 0 Å². The Morgan fingerprint density at radius 3 is 2.60 bits per heavy atom. The molecular formula is C17H23NO2. The lowest BCUT2D eigenvalue weighted by atomic mass is 10.0. The van der Waals surface area contributed by atoms with Crippen LogP contribution in [-0.4, -0.2) is 36.1 Å². The lowest BCUT2D eigenvalue weighted by Gasteiger charge is -2.25. The highest BCUT2D eigenvalue weighted by Gasteiger charge is 2.13. The van der Waals surface area contributed by atoms with Crippen LogP contribution in [0.5, 0.6) is 0 Å². The first kappa shape index (κ1) is 14.9. The summed E-state index contributed by atoms with van der Waals surface area (Å²) in [5.74, 6) is 0.309. The van der Waals surface area contributed by atoms with Crippen molar-refractivity contribution in [2.45, 2.75) is 39.0 Å². The minimum atomic E-state index is 0.128. The highest BCUT2D eigenvalue weighted by Crippen LogP contribution is 2.12. The molecule has 0 saturated carbocycles. The van der Waals surface area contributed by atoms with E-state index in [9.17, 15) is 9.59 Å².